The number of fused-ring (bicyclic) bond motifs is 1. The van der Waals surface area contributed by atoms with Gasteiger partial charge in [-0.2, -0.15) is 5.10 Å². The number of hydrogen-bond acceptors (Lipinski definition) is 7. The van der Waals surface area contributed by atoms with Gasteiger partial charge < -0.3 is 20.8 Å². The lowest BCUT2D eigenvalue weighted by atomic mass is 9.87. The third-order valence-electron chi connectivity index (χ3n) is 10.1. The summed E-state index contributed by atoms with van der Waals surface area (Å²) in [5.41, 5.74) is 10.4. The summed E-state index contributed by atoms with van der Waals surface area (Å²) in [6, 6.07) is 26.4. The molecule has 8 rings (SSSR count). The summed E-state index contributed by atoms with van der Waals surface area (Å²) >= 11 is 0. The molecule has 4 aromatic carbocycles. The summed E-state index contributed by atoms with van der Waals surface area (Å²) < 4.78 is 21.3. The average Bonchev–Trinajstić information content (AvgIpc) is 3.79. The number of carbonyl (C=O) groups is 3. The number of piperidine rings is 1. The predicted molar refractivity (Wildman–Crippen MR) is 195 cm³/mol. The molecule has 0 bridgehead atoms. The Labute approximate surface area is 298 Å². The second-order valence-corrected chi connectivity index (χ2v) is 13.5. The Kier molecular flexibility index (Phi) is 8.10. The first kappa shape index (κ1) is 32.9. The van der Waals surface area contributed by atoms with E-state index in [0.29, 0.717) is 48.6 Å². The van der Waals surface area contributed by atoms with Gasteiger partial charge in [-0.05, 0) is 91.9 Å². The Morgan fingerprint density at radius 3 is 2.40 bits per heavy atom. The lowest BCUT2D eigenvalue weighted by Gasteiger charge is -2.37. The summed E-state index contributed by atoms with van der Waals surface area (Å²) in [7, 11) is 0. The number of aryl methyl sites for hydroxylation is 2. The van der Waals surface area contributed by atoms with Crippen LogP contribution in [0.25, 0.3) is 16.6 Å². The fraction of sp³-hybridized carbons (Fsp3) is 0.200. The van der Waals surface area contributed by atoms with Crippen LogP contribution in [0.15, 0.2) is 97.2 Å². The number of ketones is 1. The number of rotatable bonds is 8. The number of benzene rings is 4. The molecular weight excluding hydrogens is 661 g/mol. The highest BCUT2D eigenvalue weighted by Crippen LogP contribution is 2.36. The number of imide groups is 1. The van der Waals surface area contributed by atoms with Crippen LogP contribution in [-0.4, -0.2) is 56.0 Å². The number of hydrogen-bond donors (Lipinski definition) is 3. The molecule has 0 aliphatic carbocycles. The minimum Gasteiger partial charge on any atom is -0.454 e. The second kappa shape index (κ2) is 12.8. The summed E-state index contributed by atoms with van der Waals surface area (Å²) in [5, 5.41) is 8.16. The predicted octanol–water partition coefficient (Wildman–Crippen LogP) is 6.81. The van der Waals surface area contributed by atoms with E-state index in [1.54, 1.807) is 48.5 Å². The van der Waals surface area contributed by atoms with Crippen molar-refractivity contribution in [3.05, 3.63) is 131 Å². The number of carbonyl (C=O) groups excluding carboxylic acids is 3. The van der Waals surface area contributed by atoms with Crippen molar-refractivity contribution in [3.63, 3.8) is 0 Å². The largest absolute Gasteiger partial charge is 0.454 e. The number of likely N-dealkylation sites (tertiary alicyclic amines) is 1. The van der Waals surface area contributed by atoms with E-state index >= 15 is 0 Å². The number of aromatic amines is 1. The minimum atomic E-state index is -0.953. The first-order chi connectivity index (χ1) is 25.1. The zero-order chi connectivity index (χ0) is 36.1. The molecule has 12 heteroatoms. The van der Waals surface area contributed by atoms with E-state index in [4.69, 9.17) is 10.5 Å². The summed E-state index contributed by atoms with van der Waals surface area (Å²) in [5.74, 6) is -0.408. The van der Waals surface area contributed by atoms with Gasteiger partial charge in [0.1, 0.15) is 17.1 Å². The zero-order valence-corrected chi connectivity index (χ0v) is 28.7. The molecule has 4 N–H and O–H groups in total. The third kappa shape index (κ3) is 5.76. The fourth-order valence-electron chi connectivity index (χ4n) is 7.21. The van der Waals surface area contributed by atoms with Gasteiger partial charge in [0.2, 0.25) is 5.78 Å². The minimum absolute atomic E-state index is 0.108. The van der Waals surface area contributed by atoms with Gasteiger partial charge >= 0.3 is 6.03 Å². The molecule has 2 aromatic heterocycles. The van der Waals surface area contributed by atoms with Crippen LogP contribution in [0, 0.1) is 19.7 Å². The van der Waals surface area contributed by atoms with Crippen molar-refractivity contribution in [2.45, 2.75) is 38.8 Å². The van der Waals surface area contributed by atoms with Gasteiger partial charge in [0.25, 0.3) is 5.91 Å². The normalized spacial score (nSPS) is 15.8. The molecule has 0 radical (unpaired) electrons. The molecular formula is C40H36FN7O4. The molecule has 1 spiro atoms. The standard InChI is InChI=1S/C40H36FN7O4/c1-24-18-27-20-32(36(49)29-22-43-48(37(29)42)33-13-12-28(19-25(33)2)52-35-11-7-6-10-30(35)41)44-31(27)21-34(24)47-38(50)40(45-39(47)51)14-16-46(17-15-40)23-26-8-4-3-5-9-26/h3-13,18-22,44H,14-17,23,42H2,1-2H3,(H,45,51). The van der Waals surface area contributed by atoms with Gasteiger partial charge in [0.05, 0.1) is 28.8 Å². The molecule has 2 aliphatic rings. The molecule has 6 aromatic rings. The number of para-hydroxylation sites is 1. The fourth-order valence-corrected chi connectivity index (χ4v) is 7.21. The molecule has 2 aliphatic heterocycles. The third-order valence-corrected chi connectivity index (χ3v) is 10.1. The van der Waals surface area contributed by atoms with Gasteiger partial charge in [-0.3, -0.25) is 14.5 Å². The summed E-state index contributed by atoms with van der Waals surface area (Å²) in [6.07, 6.45) is 2.45. The van der Waals surface area contributed by atoms with Gasteiger partial charge in [-0.15, -0.1) is 0 Å². The monoisotopic (exact) mass is 697 g/mol. The molecule has 262 valence electrons. The second-order valence-electron chi connectivity index (χ2n) is 13.5. The highest BCUT2D eigenvalue weighted by Gasteiger charge is 2.53. The maximum Gasteiger partial charge on any atom is 0.329 e. The van der Waals surface area contributed by atoms with E-state index in [1.165, 1.54) is 27.4 Å². The first-order valence-corrected chi connectivity index (χ1v) is 17.1. The number of anilines is 2. The van der Waals surface area contributed by atoms with Crippen molar-refractivity contribution in [1.29, 1.82) is 0 Å². The Balaban J connectivity index is 1.00. The molecule has 0 atom stereocenters. The van der Waals surface area contributed by atoms with Crippen LogP contribution >= 0.6 is 0 Å². The number of aromatic nitrogens is 3. The van der Waals surface area contributed by atoms with Crippen LogP contribution in [0.4, 0.5) is 20.7 Å². The quantitative estimate of drug-likeness (QED) is 0.117. The molecule has 3 amide bonds. The van der Waals surface area contributed by atoms with Crippen LogP contribution in [0.2, 0.25) is 0 Å². The van der Waals surface area contributed by atoms with Crippen molar-refractivity contribution in [2.24, 2.45) is 0 Å². The van der Waals surface area contributed by atoms with Crippen molar-refractivity contribution in [3.8, 4) is 17.2 Å². The molecule has 0 saturated carbocycles. The van der Waals surface area contributed by atoms with E-state index in [1.807, 2.05) is 38.1 Å². The Hall–Kier alpha value is -6.27. The van der Waals surface area contributed by atoms with Crippen LogP contribution in [0.1, 0.15) is 45.6 Å². The van der Waals surface area contributed by atoms with E-state index in [0.717, 1.165) is 23.1 Å². The van der Waals surface area contributed by atoms with Crippen molar-refractivity contribution in [1.82, 2.24) is 25.0 Å². The van der Waals surface area contributed by atoms with Crippen molar-refractivity contribution >= 4 is 40.1 Å². The smallest absolute Gasteiger partial charge is 0.329 e. The number of nitrogens with two attached hydrogens (primary N) is 1. The number of ether oxygens (including phenoxy) is 1. The van der Waals surface area contributed by atoms with Crippen molar-refractivity contribution in [2.75, 3.05) is 23.7 Å². The molecule has 11 nitrogen and oxygen atoms in total. The Morgan fingerprint density at radius 2 is 1.65 bits per heavy atom. The molecule has 2 fully saturated rings. The highest BCUT2D eigenvalue weighted by atomic mass is 19.1. The Morgan fingerprint density at radius 1 is 0.923 bits per heavy atom. The number of halogens is 1. The number of urea groups is 1. The van der Waals surface area contributed by atoms with Crippen LogP contribution in [0.3, 0.4) is 0 Å². The number of nitrogen functional groups attached to an aromatic ring is 1. The maximum atomic E-state index is 14.1. The van der Waals surface area contributed by atoms with Crippen LogP contribution in [-0.2, 0) is 11.3 Å². The molecule has 52 heavy (non-hydrogen) atoms. The van der Waals surface area contributed by atoms with Crippen molar-refractivity contribution < 1.29 is 23.5 Å². The van der Waals surface area contributed by atoms with E-state index in [2.05, 4.69) is 32.4 Å². The number of nitrogens with one attached hydrogen (secondary N) is 2. The average molecular weight is 698 g/mol. The van der Waals surface area contributed by atoms with E-state index in [9.17, 15) is 18.8 Å². The van der Waals surface area contributed by atoms with E-state index in [-0.39, 0.29) is 34.5 Å². The SMILES string of the molecule is Cc1cc2cc(C(=O)c3cnn(-c4ccc(Oc5ccccc5F)cc4C)c3N)[nH]c2cc1N1C(=O)NC2(CCN(Cc3ccccc3)CC2)C1=O. The van der Waals surface area contributed by atoms with Gasteiger partial charge in [-0.25, -0.2) is 18.8 Å². The van der Waals surface area contributed by atoms with Gasteiger partial charge in [0.15, 0.2) is 11.6 Å². The summed E-state index contributed by atoms with van der Waals surface area (Å²) in [6.45, 7) is 5.84. The summed E-state index contributed by atoms with van der Waals surface area (Å²) in [4.78, 5) is 47.8. The Bertz CT molecular complexity index is 2380. The van der Waals surface area contributed by atoms with Gasteiger partial charge in [0, 0.05) is 30.5 Å². The highest BCUT2D eigenvalue weighted by molar-refractivity contribution is 6.24. The van der Waals surface area contributed by atoms with Gasteiger partial charge in [-0.1, -0.05) is 42.5 Å². The number of H-pyrrole nitrogens is 1. The van der Waals surface area contributed by atoms with Crippen LogP contribution in [0.5, 0.6) is 11.5 Å². The lowest BCUT2D eigenvalue weighted by Crippen LogP contribution is -2.54. The lowest BCUT2D eigenvalue weighted by molar-refractivity contribution is -0.123. The van der Waals surface area contributed by atoms with E-state index < -0.39 is 17.4 Å². The van der Waals surface area contributed by atoms with Crippen LogP contribution < -0.4 is 20.7 Å². The molecule has 4 heterocycles. The number of amides is 3. The topological polar surface area (TPSA) is 139 Å². The molecule has 2 saturated heterocycles. The maximum absolute atomic E-state index is 14.1. The number of nitrogens with zero attached hydrogens (tertiary/aromatic N) is 4. The first-order valence-electron chi connectivity index (χ1n) is 17.1. The molecule has 0 unspecified atom stereocenters. The zero-order valence-electron chi connectivity index (χ0n) is 28.7.